The van der Waals surface area contributed by atoms with E-state index in [2.05, 4.69) is 25.2 Å². The predicted octanol–water partition coefficient (Wildman–Crippen LogP) is 2.11. The van der Waals surface area contributed by atoms with Crippen molar-refractivity contribution < 1.29 is 14.7 Å². The van der Waals surface area contributed by atoms with Crippen molar-refractivity contribution in [1.82, 2.24) is 9.36 Å². The lowest BCUT2D eigenvalue weighted by atomic mass is 10.2. The average molecular weight is 476 g/mol. The van der Waals surface area contributed by atoms with Crippen LogP contribution in [-0.2, 0) is 0 Å². The van der Waals surface area contributed by atoms with Crippen molar-refractivity contribution >= 4 is 32.6 Å². The van der Waals surface area contributed by atoms with Crippen LogP contribution in [-0.4, -0.2) is 59.9 Å². The van der Waals surface area contributed by atoms with Crippen molar-refractivity contribution in [1.29, 1.82) is 0 Å². The zero-order valence-electron chi connectivity index (χ0n) is 16.0. The second-order valence-electron chi connectivity index (χ2n) is 7.13. The molecule has 29 heavy (non-hydrogen) atoms. The van der Waals surface area contributed by atoms with E-state index in [1.54, 1.807) is 0 Å². The number of benzene rings is 2. The largest absolute Gasteiger partial charge is 0.491 e. The first-order valence-electron chi connectivity index (χ1n) is 9.71. The lowest BCUT2D eigenvalue weighted by Crippen LogP contribution is -3.16. The van der Waals surface area contributed by atoms with Gasteiger partial charge in [-0.2, -0.15) is 9.36 Å². The summed E-state index contributed by atoms with van der Waals surface area (Å²) in [5.74, 6) is 1.57. The summed E-state index contributed by atoms with van der Waals surface area (Å²) in [6.07, 6.45) is -0.480. The van der Waals surface area contributed by atoms with E-state index in [0.29, 0.717) is 13.2 Å². The Morgan fingerprint density at radius 2 is 1.83 bits per heavy atom. The SMILES string of the molecule is O[C@H](COc1ccc(Br)cc1)C[NH+]1CCN(c2nc(-c3ccccc3)ns2)CC1. The molecular weight excluding hydrogens is 452 g/mol. The number of nitrogens with zero attached hydrogens (tertiary/aromatic N) is 3. The van der Waals surface area contributed by atoms with Gasteiger partial charge in [0.05, 0.1) is 26.2 Å². The van der Waals surface area contributed by atoms with Crippen LogP contribution in [0.25, 0.3) is 11.4 Å². The molecule has 2 N–H and O–H groups in total. The summed E-state index contributed by atoms with van der Waals surface area (Å²) in [6, 6.07) is 17.7. The fourth-order valence-corrected chi connectivity index (χ4v) is 4.39. The molecule has 1 atom stereocenters. The Morgan fingerprint density at radius 1 is 1.10 bits per heavy atom. The number of rotatable bonds is 7. The van der Waals surface area contributed by atoms with Gasteiger partial charge in [0.15, 0.2) is 5.82 Å². The van der Waals surface area contributed by atoms with Gasteiger partial charge >= 0.3 is 0 Å². The number of anilines is 1. The lowest BCUT2D eigenvalue weighted by Gasteiger charge is -2.32. The molecule has 0 spiro atoms. The van der Waals surface area contributed by atoms with Gasteiger partial charge in [-0.05, 0) is 24.3 Å². The first kappa shape index (κ1) is 20.3. The Labute approximate surface area is 183 Å². The highest BCUT2D eigenvalue weighted by molar-refractivity contribution is 9.10. The number of hydrogen-bond acceptors (Lipinski definition) is 6. The van der Waals surface area contributed by atoms with Crippen molar-refractivity contribution in [2.24, 2.45) is 0 Å². The van der Waals surface area contributed by atoms with Crippen molar-refractivity contribution in [2.75, 3.05) is 44.2 Å². The third-order valence-corrected chi connectivity index (χ3v) is 6.27. The monoisotopic (exact) mass is 475 g/mol. The molecule has 1 aromatic heterocycles. The first-order valence-corrected chi connectivity index (χ1v) is 11.3. The van der Waals surface area contributed by atoms with Crippen LogP contribution in [0.1, 0.15) is 0 Å². The van der Waals surface area contributed by atoms with E-state index in [-0.39, 0.29) is 0 Å². The van der Waals surface area contributed by atoms with Crippen molar-refractivity contribution in [3.05, 3.63) is 59.1 Å². The molecular formula is C21H24BrN4O2S+. The number of ether oxygens (including phenoxy) is 1. The molecule has 3 aromatic rings. The lowest BCUT2D eigenvalue weighted by molar-refractivity contribution is -0.903. The molecule has 0 radical (unpaired) electrons. The fourth-order valence-electron chi connectivity index (χ4n) is 3.38. The minimum atomic E-state index is -0.480. The summed E-state index contributed by atoms with van der Waals surface area (Å²) in [4.78, 5) is 8.39. The van der Waals surface area contributed by atoms with Crippen LogP contribution in [0.5, 0.6) is 5.75 Å². The quantitative estimate of drug-likeness (QED) is 0.547. The topological polar surface area (TPSA) is 62.9 Å². The third-order valence-electron chi connectivity index (χ3n) is 4.97. The van der Waals surface area contributed by atoms with E-state index in [1.165, 1.54) is 16.4 Å². The standard InChI is InChI=1S/C21H23BrN4O2S/c22-17-6-8-19(9-7-17)28-15-18(27)14-25-10-12-26(13-11-25)21-23-20(24-29-21)16-4-2-1-3-5-16/h1-9,18,27H,10-15H2/p+1/t18-/m0/s1. The predicted molar refractivity (Wildman–Crippen MR) is 119 cm³/mol. The maximum absolute atomic E-state index is 10.3. The van der Waals surface area contributed by atoms with E-state index in [1.807, 2.05) is 54.6 Å². The molecule has 1 saturated heterocycles. The molecule has 1 aliphatic heterocycles. The van der Waals surface area contributed by atoms with Gasteiger partial charge in [-0.1, -0.05) is 46.3 Å². The highest BCUT2D eigenvalue weighted by atomic mass is 79.9. The highest BCUT2D eigenvalue weighted by Gasteiger charge is 2.25. The smallest absolute Gasteiger partial charge is 0.205 e. The van der Waals surface area contributed by atoms with E-state index in [0.717, 1.165) is 52.9 Å². The molecule has 0 bridgehead atoms. The number of aliphatic hydroxyl groups excluding tert-OH is 1. The highest BCUT2D eigenvalue weighted by Crippen LogP contribution is 2.23. The van der Waals surface area contributed by atoms with E-state index in [4.69, 9.17) is 9.72 Å². The fraction of sp³-hybridized carbons (Fsp3) is 0.333. The van der Waals surface area contributed by atoms with Gasteiger partial charge < -0.3 is 19.6 Å². The van der Waals surface area contributed by atoms with Crippen LogP contribution >= 0.6 is 27.5 Å². The van der Waals surface area contributed by atoms with Gasteiger partial charge in [0.2, 0.25) is 5.13 Å². The maximum atomic E-state index is 10.3. The Hall–Kier alpha value is -2.00. The first-order chi connectivity index (χ1) is 14.2. The molecule has 2 heterocycles. The summed E-state index contributed by atoms with van der Waals surface area (Å²) in [6.45, 7) is 4.77. The van der Waals surface area contributed by atoms with E-state index in [9.17, 15) is 5.11 Å². The van der Waals surface area contributed by atoms with Gasteiger partial charge in [0.25, 0.3) is 0 Å². The van der Waals surface area contributed by atoms with Crippen molar-refractivity contribution in [2.45, 2.75) is 6.10 Å². The van der Waals surface area contributed by atoms with Crippen LogP contribution in [0.4, 0.5) is 5.13 Å². The minimum absolute atomic E-state index is 0.311. The van der Waals surface area contributed by atoms with Gasteiger partial charge in [-0.15, -0.1) is 0 Å². The molecule has 0 aliphatic carbocycles. The summed E-state index contributed by atoms with van der Waals surface area (Å²) < 4.78 is 11.2. The van der Waals surface area contributed by atoms with Gasteiger partial charge in [-0.25, -0.2) is 0 Å². The van der Waals surface area contributed by atoms with Crippen LogP contribution < -0.4 is 14.5 Å². The second-order valence-corrected chi connectivity index (χ2v) is 8.77. The van der Waals surface area contributed by atoms with E-state index >= 15 is 0 Å². The molecule has 0 amide bonds. The number of quaternary nitrogens is 1. The molecule has 2 aromatic carbocycles. The molecule has 1 aliphatic rings. The summed E-state index contributed by atoms with van der Waals surface area (Å²) in [7, 11) is 0. The Morgan fingerprint density at radius 3 is 2.55 bits per heavy atom. The number of aliphatic hydroxyl groups is 1. The van der Waals surface area contributed by atoms with Gasteiger partial charge in [0.1, 0.15) is 25.0 Å². The third kappa shape index (κ3) is 5.54. The molecule has 1 fully saturated rings. The molecule has 8 heteroatoms. The number of halogens is 1. The summed E-state index contributed by atoms with van der Waals surface area (Å²) >= 11 is 4.86. The van der Waals surface area contributed by atoms with Gasteiger partial charge in [0, 0.05) is 21.6 Å². The number of hydrogen-bond donors (Lipinski definition) is 2. The minimum Gasteiger partial charge on any atom is -0.491 e. The number of nitrogens with one attached hydrogen (secondary N) is 1. The molecule has 152 valence electrons. The van der Waals surface area contributed by atoms with Crippen molar-refractivity contribution in [3.8, 4) is 17.1 Å². The molecule has 4 rings (SSSR count). The summed E-state index contributed by atoms with van der Waals surface area (Å²) in [5, 5.41) is 11.3. The van der Waals surface area contributed by atoms with Gasteiger partial charge in [-0.3, -0.25) is 0 Å². The average Bonchev–Trinajstić information content (AvgIpc) is 3.25. The van der Waals surface area contributed by atoms with Crippen LogP contribution in [0.3, 0.4) is 0 Å². The zero-order chi connectivity index (χ0) is 20.1. The molecule has 6 nitrogen and oxygen atoms in total. The number of piperazine rings is 1. The van der Waals surface area contributed by atoms with Crippen molar-refractivity contribution in [3.63, 3.8) is 0 Å². The Balaban J connectivity index is 1.23. The van der Waals surface area contributed by atoms with Crippen LogP contribution in [0.2, 0.25) is 0 Å². The molecule has 0 unspecified atom stereocenters. The second kappa shape index (κ2) is 9.67. The van der Waals surface area contributed by atoms with Crippen LogP contribution in [0.15, 0.2) is 59.1 Å². The van der Waals surface area contributed by atoms with E-state index < -0.39 is 6.10 Å². The number of aromatic nitrogens is 2. The normalized spacial score (nSPS) is 16.0. The zero-order valence-corrected chi connectivity index (χ0v) is 18.4. The Bertz CT molecular complexity index is 899. The maximum Gasteiger partial charge on any atom is 0.205 e. The molecule has 0 saturated carbocycles. The van der Waals surface area contributed by atoms with Crippen LogP contribution in [0, 0.1) is 0 Å². The summed E-state index contributed by atoms with van der Waals surface area (Å²) in [5.41, 5.74) is 1.05. The Kier molecular flexibility index (Phi) is 6.76.